The molecule has 0 aliphatic carbocycles. The van der Waals surface area contributed by atoms with Gasteiger partial charge in [-0.05, 0) is 0 Å². The third kappa shape index (κ3) is 3.78. The van der Waals surface area contributed by atoms with Crippen LogP contribution in [0.3, 0.4) is 0 Å². The number of carboxylic acid groups (broad SMARTS) is 1. The highest BCUT2D eigenvalue weighted by Gasteiger charge is 2.14. The fourth-order valence-corrected chi connectivity index (χ4v) is 0.967. The number of alkyl halides is 1. The summed E-state index contributed by atoms with van der Waals surface area (Å²) in [6.45, 7) is 0. The van der Waals surface area contributed by atoms with Crippen LogP contribution >= 0.6 is 22.6 Å². The van der Waals surface area contributed by atoms with Crippen LogP contribution < -0.4 is 5.73 Å². The zero-order chi connectivity index (χ0) is 8.15. The Kier molecular flexibility index (Phi) is 4.54. The van der Waals surface area contributed by atoms with E-state index >= 15 is 0 Å². The van der Waals surface area contributed by atoms with Gasteiger partial charge >= 0.3 is 5.97 Å². The van der Waals surface area contributed by atoms with E-state index < -0.39 is 12.0 Å². The molecular weight excluding hydrogens is 249 g/mol. The van der Waals surface area contributed by atoms with E-state index in [1.54, 1.807) is 0 Å². The summed E-state index contributed by atoms with van der Waals surface area (Å²) in [5, 5.41) is 8.19. The molecule has 0 aliphatic heterocycles. The molecule has 0 saturated heterocycles. The van der Waals surface area contributed by atoms with Crippen molar-refractivity contribution in [2.24, 2.45) is 5.73 Å². The number of rotatable bonds is 4. The highest BCUT2D eigenvalue weighted by molar-refractivity contribution is 14.1. The molecule has 1 unspecified atom stereocenters. The van der Waals surface area contributed by atoms with Crippen LogP contribution in [0, 0.1) is 0 Å². The average molecular weight is 257 g/mol. The molecule has 0 aliphatic rings. The molecule has 0 spiro atoms. The van der Waals surface area contributed by atoms with Gasteiger partial charge in [0.15, 0.2) is 5.78 Å². The molecule has 0 saturated carbocycles. The highest BCUT2D eigenvalue weighted by atomic mass is 127. The van der Waals surface area contributed by atoms with Gasteiger partial charge in [0.2, 0.25) is 0 Å². The third-order valence-electron chi connectivity index (χ3n) is 0.940. The number of carbonyl (C=O) groups excluding carboxylic acids is 1. The number of carbonyl (C=O) groups is 2. The molecule has 0 amide bonds. The minimum atomic E-state index is -1.04. The van der Waals surface area contributed by atoms with Gasteiger partial charge in [0.05, 0.1) is 16.9 Å². The van der Waals surface area contributed by atoms with Crippen LogP contribution in [-0.4, -0.2) is 27.3 Å². The van der Waals surface area contributed by atoms with Crippen molar-refractivity contribution in [2.45, 2.75) is 12.5 Å². The molecule has 0 aromatic heterocycles. The highest BCUT2D eigenvalue weighted by Crippen LogP contribution is 1.93. The normalized spacial score (nSPS) is 12.6. The summed E-state index contributed by atoms with van der Waals surface area (Å²) in [6.07, 6.45) is -0.276. The van der Waals surface area contributed by atoms with Crippen LogP contribution in [0.15, 0.2) is 0 Å². The Morgan fingerprint density at radius 1 is 1.60 bits per heavy atom. The second-order valence-corrected chi connectivity index (χ2v) is 2.57. The predicted molar refractivity (Wildman–Crippen MR) is 44.1 cm³/mol. The molecule has 0 aromatic carbocycles. The SMILES string of the molecule is NC(CC(=O)O)C(=O)CI. The number of ketones is 1. The van der Waals surface area contributed by atoms with Gasteiger partial charge in [-0.2, -0.15) is 0 Å². The van der Waals surface area contributed by atoms with Crippen molar-refractivity contribution in [3.63, 3.8) is 0 Å². The average Bonchev–Trinajstić information content (AvgIpc) is 1.85. The lowest BCUT2D eigenvalue weighted by Crippen LogP contribution is -2.33. The Balaban J connectivity index is 3.72. The topological polar surface area (TPSA) is 80.4 Å². The third-order valence-corrected chi connectivity index (χ3v) is 1.69. The molecule has 0 radical (unpaired) electrons. The zero-order valence-electron chi connectivity index (χ0n) is 5.21. The Hall–Kier alpha value is -0.170. The summed E-state index contributed by atoms with van der Waals surface area (Å²) in [6, 6.07) is -0.839. The lowest BCUT2D eigenvalue weighted by atomic mass is 10.1. The fourth-order valence-electron chi connectivity index (χ4n) is 0.401. The van der Waals surface area contributed by atoms with E-state index in [2.05, 4.69) is 0 Å². The van der Waals surface area contributed by atoms with Crippen LogP contribution in [0.2, 0.25) is 0 Å². The molecule has 0 rings (SSSR count). The van der Waals surface area contributed by atoms with Crippen molar-refractivity contribution in [1.29, 1.82) is 0 Å². The molecule has 58 valence electrons. The Morgan fingerprint density at radius 2 is 2.10 bits per heavy atom. The smallest absolute Gasteiger partial charge is 0.305 e. The van der Waals surface area contributed by atoms with Gasteiger partial charge in [-0.3, -0.25) is 9.59 Å². The van der Waals surface area contributed by atoms with Crippen molar-refractivity contribution in [2.75, 3.05) is 4.43 Å². The molecule has 5 heteroatoms. The quantitative estimate of drug-likeness (QED) is 0.539. The van der Waals surface area contributed by atoms with Gasteiger partial charge in [-0.15, -0.1) is 0 Å². The molecule has 10 heavy (non-hydrogen) atoms. The maximum Gasteiger partial charge on any atom is 0.305 e. The van der Waals surface area contributed by atoms with Crippen LogP contribution in [0.5, 0.6) is 0 Å². The predicted octanol–water partition coefficient (Wildman–Crippen LogP) is -0.208. The Morgan fingerprint density at radius 3 is 2.40 bits per heavy atom. The number of hydrogen-bond donors (Lipinski definition) is 2. The summed E-state index contributed by atoms with van der Waals surface area (Å²) in [5.41, 5.74) is 5.19. The van der Waals surface area contributed by atoms with E-state index in [4.69, 9.17) is 10.8 Å². The molecule has 3 N–H and O–H groups in total. The minimum Gasteiger partial charge on any atom is -0.481 e. The van der Waals surface area contributed by atoms with E-state index in [0.29, 0.717) is 0 Å². The lowest BCUT2D eigenvalue weighted by molar-refractivity contribution is -0.138. The molecule has 0 fully saturated rings. The van der Waals surface area contributed by atoms with Gasteiger partial charge in [-0.1, -0.05) is 22.6 Å². The van der Waals surface area contributed by atoms with Gasteiger partial charge in [0, 0.05) is 0 Å². The zero-order valence-corrected chi connectivity index (χ0v) is 7.37. The summed E-state index contributed by atoms with van der Waals surface area (Å²) >= 11 is 1.85. The van der Waals surface area contributed by atoms with Crippen LogP contribution in [-0.2, 0) is 9.59 Å². The number of carboxylic acids is 1. The van der Waals surface area contributed by atoms with Crippen molar-refractivity contribution in [1.82, 2.24) is 0 Å². The molecule has 1 atom stereocenters. The lowest BCUT2D eigenvalue weighted by Gasteiger charge is -2.03. The number of nitrogens with two attached hydrogens (primary N) is 1. The van der Waals surface area contributed by atoms with E-state index in [1.165, 1.54) is 0 Å². The van der Waals surface area contributed by atoms with Crippen LogP contribution in [0.1, 0.15) is 6.42 Å². The first-order valence-electron chi connectivity index (χ1n) is 2.64. The molecule has 0 aromatic rings. The van der Waals surface area contributed by atoms with E-state index in [1.807, 2.05) is 22.6 Å². The van der Waals surface area contributed by atoms with Gasteiger partial charge in [0.25, 0.3) is 0 Å². The first-order valence-corrected chi connectivity index (χ1v) is 4.16. The monoisotopic (exact) mass is 257 g/mol. The van der Waals surface area contributed by atoms with Gasteiger partial charge in [-0.25, -0.2) is 0 Å². The largest absolute Gasteiger partial charge is 0.481 e. The molecule has 0 bridgehead atoms. The van der Waals surface area contributed by atoms with E-state index in [0.717, 1.165) is 0 Å². The van der Waals surface area contributed by atoms with Crippen molar-refractivity contribution in [3.05, 3.63) is 0 Å². The standard InChI is InChI=1S/C5H8INO3/c6-2-4(8)3(7)1-5(9)10/h3H,1-2,7H2,(H,9,10). The van der Waals surface area contributed by atoms with Crippen molar-refractivity contribution >= 4 is 34.3 Å². The maximum absolute atomic E-state index is 10.7. The van der Waals surface area contributed by atoms with Crippen molar-refractivity contribution < 1.29 is 14.7 Å². The maximum atomic E-state index is 10.7. The number of hydrogen-bond acceptors (Lipinski definition) is 3. The van der Waals surface area contributed by atoms with Crippen LogP contribution in [0.4, 0.5) is 0 Å². The van der Waals surface area contributed by atoms with Gasteiger partial charge in [0.1, 0.15) is 0 Å². The summed E-state index contributed by atoms with van der Waals surface area (Å²) < 4.78 is 0.270. The van der Waals surface area contributed by atoms with Crippen LogP contribution in [0.25, 0.3) is 0 Å². The summed E-state index contributed by atoms with van der Waals surface area (Å²) in [7, 11) is 0. The van der Waals surface area contributed by atoms with Gasteiger partial charge < -0.3 is 10.8 Å². The minimum absolute atomic E-state index is 0.219. The fraction of sp³-hybridized carbons (Fsp3) is 0.600. The second kappa shape index (κ2) is 4.62. The first-order chi connectivity index (χ1) is 4.57. The van der Waals surface area contributed by atoms with E-state index in [-0.39, 0.29) is 16.6 Å². The summed E-state index contributed by atoms with van der Waals surface area (Å²) in [5.74, 6) is -1.26. The first kappa shape index (κ1) is 9.83. The second-order valence-electron chi connectivity index (χ2n) is 1.80. The van der Waals surface area contributed by atoms with E-state index in [9.17, 15) is 9.59 Å². The Bertz CT molecular complexity index is 148. The summed E-state index contributed by atoms with van der Waals surface area (Å²) in [4.78, 5) is 20.6. The Labute approximate surface area is 71.9 Å². The molecular formula is C5H8INO3. The molecule has 0 heterocycles. The molecule has 4 nitrogen and oxygen atoms in total. The number of Topliss-reactive ketones (excluding diaryl/α,β-unsaturated/α-hetero) is 1. The van der Waals surface area contributed by atoms with Crippen molar-refractivity contribution in [3.8, 4) is 0 Å². The number of halogens is 1. The number of aliphatic carboxylic acids is 1.